The van der Waals surface area contributed by atoms with E-state index in [2.05, 4.69) is 18.9 Å². The number of rotatable bonds is 3. The molecule has 0 aliphatic heterocycles. The van der Waals surface area contributed by atoms with Crippen LogP contribution in [0.1, 0.15) is 13.8 Å². The largest absolute Gasteiger partial charge is 0.504 e. The predicted octanol–water partition coefficient (Wildman–Crippen LogP) is 2.91. The topological polar surface area (TPSA) is 38.0 Å². The van der Waals surface area contributed by atoms with Crippen molar-refractivity contribution in [3.05, 3.63) is 36.5 Å². The van der Waals surface area contributed by atoms with Crippen LogP contribution in [0.25, 0.3) is 11.3 Å². The van der Waals surface area contributed by atoms with E-state index in [9.17, 15) is 5.11 Å². The summed E-state index contributed by atoms with van der Waals surface area (Å²) in [5.74, 6) is 0.759. The Hall–Kier alpha value is -1.77. The van der Waals surface area contributed by atoms with E-state index in [-0.39, 0.29) is 5.75 Å². The molecule has 0 amide bonds. The molecule has 0 radical (unpaired) electrons. The molecule has 2 aromatic rings. The Bertz CT molecular complexity index is 460. The number of benzene rings is 1. The molecular formula is C13H16N2O. The summed E-state index contributed by atoms with van der Waals surface area (Å²) in [7, 11) is 0. The van der Waals surface area contributed by atoms with Gasteiger partial charge >= 0.3 is 0 Å². The number of nitrogens with zero attached hydrogens (tertiary/aromatic N) is 2. The molecular weight excluding hydrogens is 200 g/mol. The van der Waals surface area contributed by atoms with Crippen LogP contribution in [-0.4, -0.2) is 14.9 Å². The van der Waals surface area contributed by atoms with E-state index in [0.717, 1.165) is 12.1 Å². The molecule has 0 atom stereocenters. The van der Waals surface area contributed by atoms with Gasteiger partial charge in [-0.3, -0.25) is 4.68 Å². The quantitative estimate of drug-likeness (QED) is 0.856. The van der Waals surface area contributed by atoms with E-state index in [1.807, 2.05) is 30.3 Å². The number of aromatic nitrogens is 2. The monoisotopic (exact) mass is 216 g/mol. The fourth-order valence-electron chi connectivity index (χ4n) is 1.68. The Morgan fingerprint density at radius 2 is 1.94 bits per heavy atom. The summed E-state index contributed by atoms with van der Waals surface area (Å²) >= 11 is 0. The normalized spacial score (nSPS) is 10.9. The standard InChI is InChI=1S/C13H16N2O/c1-10(2)8-15-9-12(16)13(14-15)11-6-4-3-5-7-11/h3-7,9-10,16H,8H2,1-2H3. The lowest BCUT2D eigenvalue weighted by atomic mass is 10.1. The summed E-state index contributed by atoms with van der Waals surface area (Å²) < 4.78 is 1.79. The van der Waals surface area contributed by atoms with E-state index in [1.54, 1.807) is 10.9 Å². The van der Waals surface area contributed by atoms with Crippen molar-refractivity contribution in [2.24, 2.45) is 5.92 Å². The minimum absolute atomic E-state index is 0.242. The maximum atomic E-state index is 9.81. The van der Waals surface area contributed by atoms with Gasteiger partial charge in [-0.15, -0.1) is 0 Å². The summed E-state index contributed by atoms with van der Waals surface area (Å²) in [6, 6.07) is 9.72. The van der Waals surface area contributed by atoms with E-state index in [1.165, 1.54) is 0 Å². The van der Waals surface area contributed by atoms with Gasteiger partial charge in [0.25, 0.3) is 0 Å². The molecule has 0 aliphatic carbocycles. The van der Waals surface area contributed by atoms with Gasteiger partial charge in [-0.25, -0.2) is 0 Å². The van der Waals surface area contributed by atoms with Crippen molar-refractivity contribution in [2.75, 3.05) is 0 Å². The average molecular weight is 216 g/mol. The van der Waals surface area contributed by atoms with Crippen LogP contribution in [0.3, 0.4) is 0 Å². The predicted molar refractivity (Wildman–Crippen MR) is 64.2 cm³/mol. The minimum Gasteiger partial charge on any atom is -0.504 e. The van der Waals surface area contributed by atoms with Gasteiger partial charge in [0.2, 0.25) is 0 Å². The first-order valence-electron chi connectivity index (χ1n) is 5.48. The zero-order valence-electron chi connectivity index (χ0n) is 9.59. The van der Waals surface area contributed by atoms with E-state index >= 15 is 0 Å². The molecule has 2 rings (SSSR count). The SMILES string of the molecule is CC(C)Cn1cc(O)c(-c2ccccc2)n1. The molecule has 84 valence electrons. The van der Waals surface area contributed by atoms with Crippen molar-refractivity contribution in [1.82, 2.24) is 9.78 Å². The third-order valence-corrected chi connectivity index (χ3v) is 2.34. The Kier molecular flexibility index (Phi) is 2.95. The highest BCUT2D eigenvalue weighted by molar-refractivity contribution is 5.64. The van der Waals surface area contributed by atoms with Crippen LogP contribution in [0.15, 0.2) is 36.5 Å². The molecule has 1 heterocycles. The molecule has 0 fully saturated rings. The van der Waals surface area contributed by atoms with Crippen LogP contribution in [-0.2, 0) is 6.54 Å². The van der Waals surface area contributed by atoms with Crippen molar-refractivity contribution < 1.29 is 5.11 Å². The summed E-state index contributed by atoms with van der Waals surface area (Å²) in [5.41, 5.74) is 1.60. The van der Waals surface area contributed by atoms with Crippen LogP contribution >= 0.6 is 0 Å². The molecule has 1 aromatic heterocycles. The molecule has 16 heavy (non-hydrogen) atoms. The fourth-order valence-corrected chi connectivity index (χ4v) is 1.68. The van der Waals surface area contributed by atoms with E-state index < -0.39 is 0 Å². The molecule has 0 spiro atoms. The Balaban J connectivity index is 2.32. The summed E-state index contributed by atoms with van der Waals surface area (Å²) in [6.45, 7) is 5.07. The fraction of sp³-hybridized carbons (Fsp3) is 0.308. The number of hydrogen-bond acceptors (Lipinski definition) is 2. The molecule has 3 nitrogen and oxygen atoms in total. The third-order valence-electron chi connectivity index (χ3n) is 2.34. The van der Waals surface area contributed by atoms with E-state index in [4.69, 9.17) is 0 Å². The van der Waals surface area contributed by atoms with Crippen LogP contribution < -0.4 is 0 Å². The highest BCUT2D eigenvalue weighted by Gasteiger charge is 2.10. The minimum atomic E-state index is 0.242. The van der Waals surface area contributed by atoms with Crippen molar-refractivity contribution in [2.45, 2.75) is 20.4 Å². The Morgan fingerprint density at radius 1 is 1.25 bits per heavy atom. The van der Waals surface area contributed by atoms with Gasteiger partial charge in [0.15, 0.2) is 5.75 Å². The highest BCUT2D eigenvalue weighted by Crippen LogP contribution is 2.27. The zero-order valence-corrected chi connectivity index (χ0v) is 9.59. The van der Waals surface area contributed by atoms with Crippen LogP contribution in [0.5, 0.6) is 5.75 Å². The maximum absolute atomic E-state index is 9.81. The molecule has 1 aromatic carbocycles. The van der Waals surface area contributed by atoms with Crippen molar-refractivity contribution in [1.29, 1.82) is 0 Å². The lowest BCUT2D eigenvalue weighted by molar-refractivity contribution is 0.463. The summed E-state index contributed by atoms with van der Waals surface area (Å²) in [5, 5.41) is 14.2. The van der Waals surface area contributed by atoms with Gasteiger partial charge in [0.1, 0.15) is 5.69 Å². The van der Waals surface area contributed by atoms with Crippen LogP contribution in [0.2, 0.25) is 0 Å². The first-order chi connectivity index (χ1) is 7.66. The third kappa shape index (κ3) is 2.24. The second-order valence-electron chi connectivity index (χ2n) is 4.34. The van der Waals surface area contributed by atoms with Gasteiger partial charge in [0.05, 0.1) is 6.20 Å². The molecule has 0 bridgehead atoms. The van der Waals surface area contributed by atoms with Crippen molar-refractivity contribution in [3.8, 4) is 17.0 Å². The lowest BCUT2D eigenvalue weighted by Crippen LogP contribution is -2.04. The Labute approximate surface area is 95.3 Å². The van der Waals surface area contributed by atoms with E-state index in [0.29, 0.717) is 11.6 Å². The summed E-state index contributed by atoms with van der Waals surface area (Å²) in [6.07, 6.45) is 1.68. The lowest BCUT2D eigenvalue weighted by Gasteiger charge is -2.03. The van der Waals surface area contributed by atoms with Crippen molar-refractivity contribution >= 4 is 0 Å². The second kappa shape index (κ2) is 4.39. The zero-order chi connectivity index (χ0) is 11.5. The van der Waals surface area contributed by atoms with Gasteiger partial charge in [-0.2, -0.15) is 5.10 Å². The smallest absolute Gasteiger partial charge is 0.161 e. The Morgan fingerprint density at radius 3 is 2.56 bits per heavy atom. The molecule has 1 N–H and O–H groups in total. The molecule has 0 saturated carbocycles. The number of aromatic hydroxyl groups is 1. The molecule has 0 aliphatic rings. The van der Waals surface area contributed by atoms with Crippen molar-refractivity contribution in [3.63, 3.8) is 0 Å². The molecule has 0 saturated heterocycles. The van der Waals surface area contributed by atoms with Gasteiger partial charge in [-0.1, -0.05) is 44.2 Å². The second-order valence-corrected chi connectivity index (χ2v) is 4.34. The average Bonchev–Trinajstić information content (AvgIpc) is 2.60. The highest BCUT2D eigenvalue weighted by atomic mass is 16.3. The molecule has 0 unspecified atom stereocenters. The molecule has 3 heteroatoms. The van der Waals surface area contributed by atoms with Gasteiger partial charge in [-0.05, 0) is 5.92 Å². The van der Waals surface area contributed by atoms with Gasteiger partial charge in [0, 0.05) is 12.1 Å². The number of hydrogen-bond donors (Lipinski definition) is 1. The first-order valence-corrected chi connectivity index (χ1v) is 5.48. The van der Waals surface area contributed by atoms with Crippen LogP contribution in [0, 0.1) is 5.92 Å². The first kappa shape index (κ1) is 10.7. The van der Waals surface area contributed by atoms with Crippen LogP contribution in [0.4, 0.5) is 0 Å². The maximum Gasteiger partial charge on any atom is 0.161 e. The van der Waals surface area contributed by atoms with Gasteiger partial charge < -0.3 is 5.11 Å². The summed E-state index contributed by atoms with van der Waals surface area (Å²) in [4.78, 5) is 0.